The molecule has 0 atom stereocenters. The summed E-state index contributed by atoms with van der Waals surface area (Å²) in [5.74, 6) is 1.60. The maximum absolute atomic E-state index is 9.06. The second-order valence-corrected chi connectivity index (χ2v) is 5.61. The highest BCUT2D eigenvalue weighted by molar-refractivity contribution is 5.50. The van der Waals surface area contributed by atoms with Crippen molar-refractivity contribution in [3.8, 4) is 6.07 Å². The van der Waals surface area contributed by atoms with E-state index in [-0.39, 0.29) is 5.82 Å². The highest BCUT2D eigenvalue weighted by Gasteiger charge is 2.39. The number of nitrogen functional groups attached to an aromatic ring is 1. The lowest BCUT2D eigenvalue weighted by Crippen LogP contribution is -2.36. The number of rotatable bonds is 3. The van der Waals surface area contributed by atoms with Crippen LogP contribution < -0.4 is 5.73 Å². The third kappa shape index (κ3) is 2.61. The van der Waals surface area contributed by atoms with Crippen LogP contribution in [0.3, 0.4) is 0 Å². The molecule has 108 valence electrons. The van der Waals surface area contributed by atoms with Gasteiger partial charge in [-0.15, -0.1) is 0 Å². The molecule has 0 unspecified atom stereocenters. The van der Waals surface area contributed by atoms with Crippen LogP contribution in [0.4, 0.5) is 5.82 Å². The number of ether oxygens (including phenoxy) is 1. The van der Waals surface area contributed by atoms with Crippen LogP contribution >= 0.6 is 0 Å². The first kappa shape index (κ1) is 14.7. The van der Waals surface area contributed by atoms with E-state index in [2.05, 4.69) is 23.0 Å². The Morgan fingerprint density at radius 3 is 2.55 bits per heavy atom. The normalized spacial score (nSPS) is 26.2. The van der Waals surface area contributed by atoms with Gasteiger partial charge in [-0.25, -0.2) is 9.97 Å². The average molecular weight is 274 g/mol. The van der Waals surface area contributed by atoms with Gasteiger partial charge >= 0.3 is 0 Å². The summed E-state index contributed by atoms with van der Waals surface area (Å²) >= 11 is 0. The molecule has 5 nitrogen and oxygen atoms in total. The first-order valence-corrected chi connectivity index (χ1v) is 7.21. The number of hydrogen-bond acceptors (Lipinski definition) is 5. The maximum Gasteiger partial charge on any atom is 0.162 e. The molecule has 1 aromatic heterocycles. The van der Waals surface area contributed by atoms with E-state index < -0.39 is 5.60 Å². The third-order valence-electron chi connectivity index (χ3n) is 4.14. The fourth-order valence-corrected chi connectivity index (χ4v) is 2.87. The number of aryl methyl sites for hydroxylation is 1. The molecule has 5 heteroatoms. The SMILES string of the molecule is CCOC1(c2nc(C)c(C#N)c(N)n2)CCC(C)CC1. The highest BCUT2D eigenvalue weighted by atomic mass is 16.5. The van der Waals surface area contributed by atoms with Crippen molar-refractivity contribution in [2.45, 2.75) is 52.1 Å². The molecule has 0 saturated heterocycles. The van der Waals surface area contributed by atoms with E-state index in [9.17, 15) is 0 Å². The van der Waals surface area contributed by atoms with E-state index in [4.69, 9.17) is 15.7 Å². The molecule has 1 aromatic rings. The van der Waals surface area contributed by atoms with E-state index in [0.717, 1.165) is 25.7 Å². The maximum atomic E-state index is 9.06. The van der Waals surface area contributed by atoms with Gasteiger partial charge in [-0.2, -0.15) is 5.26 Å². The summed E-state index contributed by atoms with van der Waals surface area (Å²) in [6.45, 7) is 6.66. The number of nitrogens with zero attached hydrogens (tertiary/aromatic N) is 3. The molecule has 1 saturated carbocycles. The second kappa shape index (κ2) is 5.76. The minimum atomic E-state index is -0.436. The lowest BCUT2D eigenvalue weighted by atomic mass is 9.78. The van der Waals surface area contributed by atoms with Crippen LogP contribution in [0.15, 0.2) is 0 Å². The van der Waals surface area contributed by atoms with E-state index in [1.807, 2.05) is 6.92 Å². The van der Waals surface area contributed by atoms with Crippen LogP contribution in [0.5, 0.6) is 0 Å². The van der Waals surface area contributed by atoms with Gasteiger partial charge in [-0.3, -0.25) is 0 Å². The fraction of sp³-hybridized carbons (Fsp3) is 0.667. The summed E-state index contributed by atoms with van der Waals surface area (Å²) in [5.41, 5.74) is 6.45. The Kier molecular flexibility index (Phi) is 4.24. The van der Waals surface area contributed by atoms with Crippen molar-refractivity contribution in [2.24, 2.45) is 5.92 Å². The predicted octanol–water partition coefficient (Wildman–Crippen LogP) is 2.68. The van der Waals surface area contributed by atoms with Crippen LogP contribution in [0.25, 0.3) is 0 Å². The van der Waals surface area contributed by atoms with Gasteiger partial charge in [-0.05, 0) is 45.4 Å². The first-order chi connectivity index (χ1) is 9.52. The average Bonchev–Trinajstić information content (AvgIpc) is 2.41. The van der Waals surface area contributed by atoms with Crippen molar-refractivity contribution in [1.82, 2.24) is 9.97 Å². The molecule has 0 amide bonds. The number of hydrogen-bond donors (Lipinski definition) is 1. The standard InChI is InChI=1S/C15H22N4O/c1-4-20-15(7-5-10(2)6-8-15)14-18-11(3)12(9-16)13(17)19-14/h10H,4-8H2,1-3H3,(H2,17,18,19). The minimum absolute atomic E-state index is 0.257. The van der Waals surface area contributed by atoms with Gasteiger partial charge in [0.1, 0.15) is 23.1 Å². The summed E-state index contributed by atoms with van der Waals surface area (Å²) in [4.78, 5) is 8.87. The summed E-state index contributed by atoms with van der Waals surface area (Å²) in [6, 6.07) is 2.05. The smallest absolute Gasteiger partial charge is 0.162 e. The largest absolute Gasteiger partial charge is 0.382 e. The zero-order chi connectivity index (χ0) is 14.8. The monoisotopic (exact) mass is 274 g/mol. The van der Waals surface area contributed by atoms with Crippen molar-refractivity contribution < 1.29 is 4.74 Å². The molecule has 2 N–H and O–H groups in total. The summed E-state index contributed by atoms with van der Waals surface area (Å²) in [6.07, 6.45) is 4.02. The third-order valence-corrected chi connectivity index (χ3v) is 4.14. The Morgan fingerprint density at radius 1 is 1.40 bits per heavy atom. The van der Waals surface area contributed by atoms with Crippen molar-refractivity contribution in [1.29, 1.82) is 5.26 Å². The van der Waals surface area contributed by atoms with Crippen LogP contribution in [-0.2, 0) is 10.3 Å². The van der Waals surface area contributed by atoms with Gasteiger partial charge in [0, 0.05) is 6.61 Å². The Balaban J connectivity index is 2.43. The van der Waals surface area contributed by atoms with Gasteiger partial charge in [0.25, 0.3) is 0 Å². The van der Waals surface area contributed by atoms with Crippen molar-refractivity contribution in [3.63, 3.8) is 0 Å². The van der Waals surface area contributed by atoms with Crippen molar-refractivity contribution >= 4 is 5.82 Å². The molecule has 0 aliphatic heterocycles. The van der Waals surface area contributed by atoms with E-state index in [1.165, 1.54) is 0 Å². The Bertz CT molecular complexity index is 504. The molecule has 0 radical (unpaired) electrons. The molecule has 20 heavy (non-hydrogen) atoms. The van der Waals surface area contributed by atoms with E-state index >= 15 is 0 Å². The van der Waals surface area contributed by atoms with Gasteiger partial charge < -0.3 is 10.5 Å². The second-order valence-electron chi connectivity index (χ2n) is 5.61. The summed E-state index contributed by atoms with van der Waals surface area (Å²) < 4.78 is 6.02. The molecule has 1 aliphatic rings. The lowest BCUT2D eigenvalue weighted by molar-refractivity contribution is -0.0837. The first-order valence-electron chi connectivity index (χ1n) is 7.21. The highest BCUT2D eigenvalue weighted by Crippen LogP contribution is 2.41. The Labute approximate surface area is 120 Å². The quantitative estimate of drug-likeness (QED) is 0.916. The van der Waals surface area contributed by atoms with Crippen LogP contribution in [-0.4, -0.2) is 16.6 Å². The molecule has 1 aliphatic carbocycles. The zero-order valence-electron chi connectivity index (χ0n) is 12.4. The molecule has 0 spiro atoms. The Hall–Kier alpha value is -1.67. The van der Waals surface area contributed by atoms with Crippen LogP contribution in [0.2, 0.25) is 0 Å². The molecule has 1 heterocycles. The summed E-state index contributed by atoms with van der Waals surface area (Å²) in [5, 5.41) is 9.06. The topological polar surface area (TPSA) is 84.8 Å². The molecular formula is C15H22N4O. The van der Waals surface area contributed by atoms with Crippen molar-refractivity contribution in [3.05, 3.63) is 17.1 Å². The van der Waals surface area contributed by atoms with Crippen molar-refractivity contribution in [2.75, 3.05) is 12.3 Å². The molecule has 0 aromatic carbocycles. The van der Waals surface area contributed by atoms with Gasteiger partial charge in [-0.1, -0.05) is 6.92 Å². The van der Waals surface area contributed by atoms with Gasteiger partial charge in [0.2, 0.25) is 0 Å². The van der Waals surface area contributed by atoms with E-state index in [1.54, 1.807) is 6.92 Å². The van der Waals surface area contributed by atoms with Gasteiger partial charge in [0.05, 0.1) is 5.69 Å². The number of aromatic nitrogens is 2. The number of nitrogens with two attached hydrogens (primary N) is 1. The number of anilines is 1. The molecule has 0 bridgehead atoms. The minimum Gasteiger partial charge on any atom is -0.382 e. The van der Waals surface area contributed by atoms with E-state index in [0.29, 0.717) is 29.6 Å². The Morgan fingerprint density at radius 2 is 2.05 bits per heavy atom. The molecular weight excluding hydrogens is 252 g/mol. The van der Waals surface area contributed by atoms with Gasteiger partial charge in [0.15, 0.2) is 5.82 Å². The molecule has 2 rings (SSSR count). The predicted molar refractivity (Wildman–Crippen MR) is 76.8 cm³/mol. The lowest BCUT2D eigenvalue weighted by Gasteiger charge is -2.38. The van der Waals surface area contributed by atoms with Crippen LogP contribution in [0, 0.1) is 24.2 Å². The molecule has 1 fully saturated rings. The fourth-order valence-electron chi connectivity index (χ4n) is 2.87. The van der Waals surface area contributed by atoms with Crippen LogP contribution in [0.1, 0.15) is 56.6 Å². The summed E-state index contributed by atoms with van der Waals surface area (Å²) in [7, 11) is 0. The number of nitriles is 1. The zero-order valence-corrected chi connectivity index (χ0v) is 12.4.